The predicted octanol–water partition coefficient (Wildman–Crippen LogP) is 1.05. The van der Waals surface area contributed by atoms with E-state index in [1.807, 2.05) is 0 Å². The van der Waals surface area contributed by atoms with Crippen LogP contribution < -0.4 is 10.2 Å². The third kappa shape index (κ3) is 2.99. The molecule has 2 rings (SSSR count). The number of piperazine rings is 1. The van der Waals surface area contributed by atoms with Crippen molar-refractivity contribution >= 4 is 17.5 Å². The van der Waals surface area contributed by atoms with Gasteiger partial charge in [-0.25, -0.2) is 0 Å². The van der Waals surface area contributed by atoms with Gasteiger partial charge in [-0.1, -0.05) is 6.07 Å². The van der Waals surface area contributed by atoms with Gasteiger partial charge in [-0.3, -0.25) is 14.9 Å². The second-order valence-corrected chi connectivity index (χ2v) is 4.72. The summed E-state index contributed by atoms with van der Waals surface area (Å²) < 4.78 is 39.4. The lowest BCUT2D eigenvalue weighted by atomic mass is 10.0. The summed E-state index contributed by atoms with van der Waals surface area (Å²) in [5.74, 6) is -1.30. The van der Waals surface area contributed by atoms with Gasteiger partial charge in [-0.2, -0.15) is 13.2 Å². The Morgan fingerprint density at radius 3 is 2.62 bits per heavy atom. The quantitative estimate of drug-likeness (QED) is 0.801. The van der Waals surface area contributed by atoms with Gasteiger partial charge in [0.15, 0.2) is 0 Å². The van der Waals surface area contributed by atoms with Crippen molar-refractivity contribution in [1.29, 1.82) is 0 Å². The van der Waals surface area contributed by atoms with Gasteiger partial charge >= 0.3 is 6.18 Å². The fourth-order valence-corrected chi connectivity index (χ4v) is 2.17. The summed E-state index contributed by atoms with van der Waals surface area (Å²) in [6.45, 7) is 0.550. The largest absolute Gasteiger partial charge is 0.418 e. The monoisotopic (exact) mass is 302 g/mol. The van der Waals surface area contributed by atoms with Crippen molar-refractivity contribution in [3.63, 3.8) is 0 Å². The first kappa shape index (κ1) is 15.3. The Morgan fingerprint density at radius 2 is 2.05 bits per heavy atom. The molecule has 1 aromatic rings. The first-order chi connectivity index (χ1) is 9.74. The maximum atomic E-state index is 13.1. The molecular weight excluding hydrogens is 289 g/mol. The summed E-state index contributed by atoms with van der Waals surface area (Å²) in [5.41, 5.74) is -1.13. The summed E-state index contributed by atoms with van der Waals surface area (Å²) in [4.78, 5) is 24.1. The number of nitrogens with zero attached hydrogens (tertiary/aromatic N) is 1. The smallest absolute Gasteiger partial charge is 0.392 e. The van der Waals surface area contributed by atoms with Gasteiger partial charge in [0, 0.05) is 0 Å². The van der Waals surface area contributed by atoms with Gasteiger partial charge < -0.3 is 10.0 Å². The molecule has 0 bridgehead atoms. The third-order valence-corrected chi connectivity index (χ3v) is 3.28. The molecule has 0 spiro atoms. The molecule has 0 radical (unpaired) electrons. The van der Waals surface area contributed by atoms with Gasteiger partial charge in [-0.15, -0.1) is 0 Å². The summed E-state index contributed by atoms with van der Waals surface area (Å²) >= 11 is 0. The number of carbonyl (C=O) groups excluding carboxylic acids is 2. The lowest BCUT2D eigenvalue weighted by Gasteiger charge is -2.35. The first-order valence-electron chi connectivity index (χ1n) is 6.15. The number of amides is 2. The third-order valence-electron chi connectivity index (χ3n) is 3.28. The molecule has 114 valence electrons. The van der Waals surface area contributed by atoms with Crippen molar-refractivity contribution in [3.8, 4) is 0 Å². The summed E-state index contributed by atoms with van der Waals surface area (Å²) in [5, 5.41) is 11.0. The van der Waals surface area contributed by atoms with Crippen molar-refractivity contribution < 1.29 is 27.9 Å². The van der Waals surface area contributed by atoms with E-state index < -0.39 is 36.2 Å². The number of aliphatic hydroxyl groups is 1. The van der Waals surface area contributed by atoms with Crippen LogP contribution in [0.4, 0.5) is 18.9 Å². The van der Waals surface area contributed by atoms with Crippen LogP contribution in [0.25, 0.3) is 0 Å². The van der Waals surface area contributed by atoms with Crippen LogP contribution in [0.5, 0.6) is 0 Å². The van der Waals surface area contributed by atoms with Crippen molar-refractivity contribution in [2.24, 2.45) is 0 Å². The van der Waals surface area contributed by atoms with E-state index in [2.05, 4.69) is 5.32 Å². The minimum absolute atomic E-state index is 0.103. The molecule has 8 heteroatoms. The van der Waals surface area contributed by atoms with Crippen LogP contribution in [0.1, 0.15) is 18.1 Å². The van der Waals surface area contributed by atoms with E-state index in [9.17, 15) is 22.8 Å². The van der Waals surface area contributed by atoms with Gasteiger partial charge in [0.1, 0.15) is 6.04 Å². The van der Waals surface area contributed by atoms with Crippen LogP contribution in [0, 0.1) is 0 Å². The lowest BCUT2D eigenvalue weighted by Crippen LogP contribution is -2.57. The van der Waals surface area contributed by atoms with Crippen LogP contribution in [-0.4, -0.2) is 29.5 Å². The molecule has 1 atom stereocenters. The zero-order valence-electron chi connectivity index (χ0n) is 11.1. The number of benzene rings is 1. The topological polar surface area (TPSA) is 69.6 Å². The molecule has 5 nitrogen and oxygen atoms in total. The predicted molar refractivity (Wildman–Crippen MR) is 67.3 cm³/mol. The fraction of sp³-hybridized carbons (Fsp3) is 0.385. The molecule has 2 N–H and O–H groups in total. The fourth-order valence-electron chi connectivity index (χ4n) is 2.17. The van der Waals surface area contributed by atoms with Gasteiger partial charge in [0.25, 0.3) is 0 Å². The number of nitrogens with one attached hydrogen (secondary N) is 1. The number of halogens is 3. The minimum atomic E-state index is -4.66. The Morgan fingerprint density at radius 1 is 1.38 bits per heavy atom. The van der Waals surface area contributed by atoms with E-state index in [0.717, 1.165) is 17.0 Å². The number of imide groups is 1. The number of alkyl halides is 3. The Bertz CT molecular complexity index is 587. The number of hydrogen-bond acceptors (Lipinski definition) is 4. The highest BCUT2D eigenvalue weighted by atomic mass is 19.4. The molecular formula is C13H13F3N2O3. The average Bonchev–Trinajstić information content (AvgIpc) is 2.41. The number of hydrogen-bond donors (Lipinski definition) is 2. The van der Waals surface area contributed by atoms with Gasteiger partial charge in [0.05, 0.1) is 24.4 Å². The van der Waals surface area contributed by atoms with Crippen molar-refractivity contribution in [2.45, 2.75) is 25.7 Å². The van der Waals surface area contributed by atoms with Crippen LogP contribution in [-0.2, 0) is 22.4 Å². The van der Waals surface area contributed by atoms with Crippen LogP contribution in [0.15, 0.2) is 18.2 Å². The highest BCUT2D eigenvalue weighted by Gasteiger charge is 2.39. The normalized spacial score (nSPS) is 19.7. The molecule has 1 unspecified atom stereocenters. The first-order valence-corrected chi connectivity index (χ1v) is 6.15. The number of anilines is 1. The maximum absolute atomic E-state index is 13.1. The van der Waals surface area contributed by atoms with Crippen LogP contribution in [0.3, 0.4) is 0 Å². The maximum Gasteiger partial charge on any atom is 0.418 e. The number of aliphatic hydroxyl groups excluding tert-OH is 1. The van der Waals surface area contributed by atoms with E-state index >= 15 is 0 Å². The van der Waals surface area contributed by atoms with E-state index in [4.69, 9.17) is 5.11 Å². The lowest BCUT2D eigenvalue weighted by molar-refractivity contribution is -0.138. The van der Waals surface area contributed by atoms with Gasteiger partial charge in [0.2, 0.25) is 11.8 Å². The molecule has 1 aliphatic rings. The second kappa shape index (κ2) is 5.36. The van der Waals surface area contributed by atoms with E-state index in [1.165, 1.54) is 13.0 Å². The van der Waals surface area contributed by atoms with Crippen molar-refractivity contribution in [2.75, 3.05) is 11.4 Å². The van der Waals surface area contributed by atoms with Crippen LogP contribution >= 0.6 is 0 Å². The molecule has 0 saturated carbocycles. The highest BCUT2D eigenvalue weighted by molar-refractivity contribution is 6.04. The highest BCUT2D eigenvalue weighted by Crippen LogP contribution is 2.38. The standard InChI is InChI=1S/C13H13F3N2O3/c1-7-12(21)17-11(20)5-18(7)10-3-2-8(6-19)4-9(10)13(14,15)16/h2-4,7,19H,5-6H2,1H3,(H,17,20,21). The summed E-state index contributed by atoms with van der Waals surface area (Å²) in [7, 11) is 0. The molecule has 21 heavy (non-hydrogen) atoms. The number of rotatable bonds is 2. The minimum Gasteiger partial charge on any atom is -0.392 e. The Kier molecular flexibility index (Phi) is 3.91. The molecule has 1 saturated heterocycles. The van der Waals surface area contributed by atoms with E-state index in [-0.39, 0.29) is 17.8 Å². The van der Waals surface area contributed by atoms with Gasteiger partial charge in [-0.05, 0) is 24.6 Å². The molecule has 0 aromatic heterocycles. The average molecular weight is 302 g/mol. The molecule has 1 aliphatic heterocycles. The Labute approximate surface area is 118 Å². The molecule has 1 aromatic carbocycles. The summed E-state index contributed by atoms with van der Waals surface area (Å²) in [6, 6.07) is 2.41. The zero-order valence-corrected chi connectivity index (χ0v) is 11.1. The van der Waals surface area contributed by atoms with Crippen molar-refractivity contribution in [1.82, 2.24) is 5.32 Å². The molecule has 1 heterocycles. The SMILES string of the molecule is CC1C(=O)NC(=O)CN1c1ccc(CO)cc1C(F)(F)F. The Balaban J connectivity index is 2.52. The van der Waals surface area contributed by atoms with E-state index in [1.54, 1.807) is 0 Å². The van der Waals surface area contributed by atoms with Crippen LogP contribution in [0.2, 0.25) is 0 Å². The number of carbonyl (C=O) groups is 2. The summed E-state index contributed by atoms with van der Waals surface area (Å²) in [6.07, 6.45) is -4.66. The molecule has 0 aliphatic carbocycles. The second-order valence-electron chi connectivity index (χ2n) is 4.72. The molecule has 1 fully saturated rings. The molecule has 2 amide bonds. The zero-order chi connectivity index (χ0) is 15.8. The Hall–Kier alpha value is -2.09. The van der Waals surface area contributed by atoms with E-state index in [0.29, 0.717) is 0 Å². The van der Waals surface area contributed by atoms with Crippen molar-refractivity contribution in [3.05, 3.63) is 29.3 Å².